The molecule has 1 aliphatic rings. The maximum atomic E-state index is 12.9. The van der Waals surface area contributed by atoms with E-state index in [-0.39, 0.29) is 18.7 Å². The van der Waals surface area contributed by atoms with Crippen LogP contribution in [0.3, 0.4) is 0 Å². The van der Waals surface area contributed by atoms with Gasteiger partial charge >= 0.3 is 6.18 Å². The number of imidazole rings is 1. The molecule has 8 heteroatoms. The number of β-amino-alcohol motifs (C(OH)–C–C–N with tert-alkyl or cyclic N) is 1. The van der Waals surface area contributed by atoms with Crippen molar-refractivity contribution in [3.05, 3.63) is 53.6 Å². The second-order valence-electron chi connectivity index (χ2n) is 5.91. The van der Waals surface area contributed by atoms with Crippen LogP contribution in [-0.2, 0) is 13.2 Å². The van der Waals surface area contributed by atoms with Gasteiger partial charge in [0.1, 0.15) is 5.69 Å². The molecule has 1 aliphatic heterocycles. The quantitative estimate of drug-likeness (QED) is 0.914. The lowest BCUT2D eigenvalue weighted by atomic mass is 10.0. The third kappa shape index (κ3) is 3.14. The topological polar surface area (TPSA) is 58.4 Å². The Bertz CT molecular complexity index is 757. The average molecular weight is 339 g/mol. The van der Waals surface area contributed by atoms with E-state index in [1.165, 1.54) is 29.6 Å². The molecule has 0 spiro atoms. The summed E-state index contributed by atoms with van der Waals surface area (Å²) in [6.07, 6.45) is -2.03. The van der Waals surface area contributed by atoms with Gasteiger partial charge in [0.25, 0.3) is 5.91 Å². The fourth-order valence-electron chi connectivity index (χ4n) is 2.95. The van der Waals surface area contributed by atoms with Crippen LogP contribution in [-0.4, -0.2) is 38.1 Å². The van der Waals surface area contributed by atoms with E-state index in [0.29, 0.717) is 5.56 Å². The van der Waals surface area contributed by atoms with Gasteiger partial charge in [0.2, 0.25) is 0 Å². The fourth-order valence-corrected chi connectivity index (χ4v) is 2.95. The highest BCUT2D eigenvalue weighted by molar-refractivity contribution is 5.92. The molecule has 1 amide bonds. The summed E-state index contributed by atoms with van der Waals surface area (Å²) in [5.74, 6) is -0.408. The molecule has 2 heterocycles. The lowest BCUT2D eigenvalue weighted by Gasteiger charge is -2.24. The van der Waals surface area contributed by atoms with Crippen LogP contribution in [0.25, 0.3) is 0 Å². The first-order chi connectivity index (χ1) is 11.3. The molecule has 2 atom stereocenters. The van der Waals surface area contributed by atoms with Crippen molar-refractivity contribution in [2.75, 3.05) is 6.54 Å². The Hall–Kier alpha value is -2.35. The minimum atomic E-state index is -4.46. The van der Waals surface area contributed by atoms with E-state index in [1.54, 1.807) is 11.6 Å². The van der Waals surface area contributed by atoms with E-state index in [0.717, 1.165) is 12.1 Å². The molecule has 0 saturated carbocycles. The number of alkyl halides is 3. The lowest BCUT2D eigenvalue weighted by molar-refractivity contribution is -0.137. The number of aliphatic hydroxyl groups excluding tert-OH is 1. The Labute approximate surface area is 136 Å². The average Bonchev–Trinajstić information content (AvgIpc) is 3.12. The highest BCUT2D eigenvalue weighted by Crippen LogP contribution is 2.36. The molecule has 0 aliphatic carbocycles. The Kier molecular flexibility index (Phi) is 4.08. The lowest BCUT2D eigenvalue weighted by Crippen LogP contribution is -2.32. The van der Waals surface area contributed by atoms with Crippen LogP contribution in [0.15, 0.2) is 36.8 Å². The largest absolute Gasteiger partial charge is 0.416 e. The fraction of sp³-hybridized carbons (Fsp3) is 0.375. The summed E-state index contributed by atoms with van der Waals surface area (Å²) < 4.78 is 40.3. The van der Waals surface area contributed by atoms with Crippen LogP contribution in [0.1, 0.15) is 34.1 Å². The minimum absolute atomic E-state index is 0.0658. The van der Waals surface area contributed by atoms with Gasteiger partial charge in [-0.3, -0.25) is 4.79 Å². The highest BCUT2D eigenvalue weighted by Gasteiger charge is 2.38. The van der Waals surface area contributed by atoms with Crippen LogP contribution < -0.4 is 0 Å². The van der Waals surface area contributed by atoms with Crippen molar-refractivity contribution >= 4 is 5.91 Å². The zero-order valence-corrected chi connectivity index (χ0v) is 12.9. The molecule has 1 saturated heterocycles. The van der Waals surface area contributed by atoms with Crippen molar-refractivity contribution in [2.24, 2.45) is 7.05 Å². The number of halogens is 3. The summed E-state index contributed by atoms with van der Waals surface area (Å²) in [5.41, 5.74) is -0.221. The maximum absolute atomic E-state index is 12.9. The number of hydrogen-bond acceptors (Lipinski definition) is 3. The van der Waals surface area contributed by atoms with Crippen LogP contribution >= 0.6 is 0 Å². The highest BCUT2D eigenvalue weighted by atomic mass is 19.4. The van der Waals surface area contributed by atoms with Gasteiger partial charge in [-0.15, -0.1) is 0 Å². The summed E-state index contributed by atoms with van der Waals surface area (Å²) >= 11 is 0. The molecule has 0 unspecified atom stereocenters. The van der Waals surface area contributed by atoms with Crippen molar-refractivity contribution in [1.82, 2.24) is 14.5 Å². The smallest absolute Gasteiger partial charge is 0.391 e. The molecule has 5 nitrogen and oxygen atoms in total. The van der Waals surface area contributed by atoms with E-state index >= 15 is 0 Å². The number of carbonyl (C=O) groups is 1. The third-order valence-electron chi connectivity index (χ3n) is 4.06. The minimum Gasteiger partial charge on any atom is -0.391 e. The number of aromatic nitrogens is 2. The van der Waals surface area contributed by atoms with Crippen LogP contribution in [0.4, 0.5) is 13.2 Å². The van der Waals surface area contributed by atoms with Crippen molar-refractivity contribution in [2.45, 2.75) is 24.7 Å². The zero-order chi connectivity index (χ0) is 17.5. The summed E-state index contributed by atoms with van der Waals surface area (Å²) in [5, 5.41) is 9.92. The number of nitrogens with zero attached hydrogens (tertiary/aromatic N) is 3. The molecule has 1 fully saturated rings. The number of benzene rings is 1. The van der Waals surface area contributed by atoms with Crippen molar-refractivity contribution in [3.8, 4) is 0 Å². The van der Waals surface area contributed by atoms with Gasteiger partial charge in [-0.05, 0) is 24.1 Å². The molecule has 3 rings (SSSR count). The van der Waals surface area contributed by atoms with Crippen LogP contribution in [0.2, 0.25) is 0 Å². The van der Waals surface area contributed by atoms with Gasteiger partial charge in [0.05, 0.1) is 24.0 Å². The van der Waals surface area contributed by atoms with Crippen molar-refractivity contribution in [3.63, 3.8) is 0 Å². The summed E-state index contributed by atoms with van der Waals surface area (Å²) in [6, 6.07) is 4.25. The number of amides is 1. The molecular formula is C16H16F3N3O2. The molecule has 1 N–H and O–H groups in total. The van der Waals surface area contributed by atoms with Gasteiger partial charge < -0.3 is 14.6 Å². The summed E-state index contributed by atoms with van der Waals surface area (Å²) in [4.78, 5) is 17.9. The normalized spacial score (nSPS) is 21.3. The van der Waals surface area contributed by atoms with Gasteiger partial charge in [-0.2, -0.15) is 13.2 Å². The predicted octanol–water partition coefficient (Wildman–Crippen LogP) is 2.39. The van der Waals surface area contributed by atoms with E-state index in [4.69, 9.17) is 0 Å². The molecular weight excluding hydrogens is 323 g/mol. The molecule has 0 radical (unpaired) electrons. The third-order valence-corrected chi connectivity index (χ3v) is 4.06. The van der Waals surface area contributed by atoms with E-state index in [9.17, 15) is 23.1 Å². The molecule has 128 valence electrons. The SMILES string of the molecule is Cn1cnc(C(=O)N2C[C@H](O)C[C@H]2c2cccc(C(F)(F)F)c2)c1. The van der Waals surface area contributed by atoms with Gasteiger partial charge in [-0.1, -0.05) is 12.1 Å². The molecule has 1 aromatic heterocycles. The van der Waals surface area contributed by atoms with E-state index in [1.807, 2.05) is 0 Å². The van der Waals surface area contributed by atoms with Gasteiger partial charge in [-0.25, -0.2) is 4.98 Å². The maximum Gasteiger partial charge on any atom is 0.416 e. The Morgan fingerprint density at radius 1 is 1.38 bits per heavy atom. The summed E-state index contributed by atoms with van der Waals surface area (Å²) in [6.45, 7) is 0.0658. The monoisotopic (exact) mass is 339 g/mol. The first kappa shape index (κ1) is 16.5. The predicted molar refractivity (Wildman–Crippen MR) is 79.1 cm³/mol. The molecule has 0 bridgehead atoms. The molecule has 2 aromatic rings. The van der Waals surface area contributed by atoms with Crippen molar-refractivity contribution in [1.29, 1.82) is 0 Å². The van der Waals surface area contributed by atoms with Gasteiger partial charge in [0.15, 0.2) is 0 Å². The molecule has 1 aromatic carbocycles. The number of aryl methyl sites for hydroxylation is 1. The first-order valence-electron chi connectivity index (χ1n) is 7.40. The van der Waals surface area contributed by atoms with Crippen LogP contribution in [0, 0.1) is 0 Å². The van der Waals surface area contributed by atoms with E-state index in [2.05, 4.69) is 4.98 Å². The Morgan fingerprint density at radius 3 is 2.75 bits per heavy atom. The Balaban J connectivity index is 1.92. The second-order valence-corrected chi connectivity index (χ2v) is 5.91. The Morgan fingerprint density at radius 2 is 2.12 bits per heavy atom. The summed E-state index contributed by atoms with van der Waals surface area (Å²) in [7, 11) is 1.72. The first-order valence-corrected chi connectivity index (χ1v) is 7.40. The van der Waals surface area contributed by atoms with Gasteiger partial charge in [0, 0.05) is 19.8 Å². The second kappa shape index (κ2) is 5.94. The number of carbonyl (C=O) groups excluding carboxylic acids is 1. The number of likely N-dealkylation sites (tertiary alicyclic amines) is 1. The zero-order valence-electron chi connectivity index (χ0n) is 12.9. The van der Waals surface area contributed by atoms with Crippen LogP contribution in [0.5, 0.6) is 0 Å². The van der Waals surface area contributed by atoms with Crippen molar-refractivity contribution < 1.29 is 23.1 Å². The number of hydrogen-bond donors (Lipinski definition) is 1. The molecule has 24 heavy (non-hydrogen) atoms. The number of aliphatic hydroxyl groups is 1. The van der Waals surface area contributed by atoms with E-state index < -0.39 is 29.8 Å². The number of rotatable bonds is 2. The standard InChI is InChI=1S/C16H16F3N3O2/c1-21-8-13(20-9-21)15(24)22-7-12(23)6-14(22)10-3-2-4-11(5-10)16(17,18)19/h2-5,8-9,12,14,23H,6-7H2,1H3/t12-,14+/m1/s1.